The van der Waals surface area contributed by atoms with E-state index in [1.54, 1.807) is 24.3 Å². The van der Waals surface area contributed by atoms with Crippen LogP contribution in [0.25, 0.3) is 6.08 Å². The van der Waals surface area contributed by atoms with Crippen LogP contribution in [0.15, 0.2) is 30.3 Å². The van der Waals surface area contributed by atoms with E-state index in [-0.39, 0.29) is 12.2 Å². The molecule has 0 unspecified atom stereocenters. The third-order valence-corrected chi connectivity index (χ3v) is 1.91. The van der Waals surface area contributed by atoms with Gasteiger partial charge < -0.3 is 10.5 Å². The lowest BCUT2D eigenvalue weighted by atomic mass is 10.2. The first-order valence-corrected chi connectivity index (χ1v) is 5.11. The zero-order valence-corrected chi connectivity index (χ0v) is 9.41. The molecule has 0 heterocycles. The number of ether oxygens (including phenoxy) is 1. The van der Waals surface area contributed by atoms with Crippen molar-refractivity contribution in [3.8, 4) is 5.75 Å². The van der Waals surface area contributed by atoms with Gasteiger partial charge in [-0.05, 0) is 17.7 Å². The molecule has 0 saturated heterocycles. The molecule has 0 aliphatic carbocycles. The topological polar surface area (TPSA) is 52.3 Å². The number of carbonyl (C=O) groups excluding carboxylic acids is 1. The Morgan fingerprint density at radius 1 is 1.28 bits per heavy atom. The largest absolute Gasteiger partial charge is 0.484 e. The molecule has 2 N–H and O–H groups in total. The van der Waals surface area contributed by atoms with Crippen LogP contribution in [-0.2, 0) is 4.79 Å². The number of nitrogens with two attached hydrogens (primary N) is 1. The Labute approximate surface area is 102 Å². The minimum Gasteiger partial charge on any atom is -0.484 e. The number of hydrogen-bond acceptors (Lipinski definition) is 2. The molecule has 0 spiro atoms. The molecule has 0 fully saturated rings. The summed E-state index contributed by atoms with van der Waals surface area (Å²) in [4.78, 5) is 10.5. The van der Waals surface area contributed by atoms with Gasteiger partial charge >= 0.3 is 6.18 Å². The van der Waals surface area contributed by atoms with Gasteiger partial charge in [0.15, 0.2) is 6.61 Å². The van der Waals surface area contributed by atoms with E-state index in [2.05, 4.69) is 4.74 Å². The number of benzene rings is 1. The number of halogens is 3. The highest BCUT2D eigenvalue weighted by Gasteiger charge is 2.28. The highest BCUT2D eigenvalue weighted by atomic mass is 19.4. The van der Waals surface area contributed by atoms with E-state index in [1.807, 2.05) is 0 Å². The Morgan fingerprint density at radius 3 is 2.39 bits per heavy atom. The molecule has 0 aromatic heterocycles. The average Bonchev–Trinajstić information content (AvgIpc) is 2.26. The van der Waals surface area contributed by atoms with Gasteiger partial charge in [-0.1, -0.05) is 24.3 Å². The van der Waals surface area contributed by atoms with Crippen molar-refractivity contribution in [2.75, 3.05) is 6.61 Å². The minimum atomic E-state index is -4.35. The standard InChI is InChI=1S/C12H12F3NO2/c13-12(14,15)8-18-10-6-4-9(5-7-10)2-1-3-11(16)17/h1-2,4-7H,3,8H2,(H2,16,17). The third kappa shape index (κ3) is 5.93. The van der Waals surface area contributed by atoms with Crippen molar-refractivity contribution >= 4 is 12.0 Å². The summed E-state index contributed by atoms with van der Waals surface area (Å²) in [6.07, 6.45) is -1.00. The van der Waals surface area contributed by atoms with Gasteiger partial charge in [-0.15, -0.1) is 0 Å². The molecule has 0 aliphatic rings. The molecule has 0 radical (unpaired) electrons. The van der Waals surface area contributed by atoms with Crippen LogP contribution in [0.4, 0.5) is 13.2 Å². The quantitative estimate of drug-likeness (QED) is 0.883. The van der Waals surface area contributed by atoms with Gasteiger partial charge in [-0.3, -0.25) is 4.79 Å². The molecule has 0 bridgehead atoms. The van der Waals surface area contributed by atoms with Gasteiger partial charge in [0.2, 0.25) is 5.91 Å². The lowest BCUT2D eigenvalue weighted by Gasteiger charge is -2.08. The molecule has 1 aromatic rings. The smallest absolute Gasteiger partial charge is 0.422 e. The van der Waals surface area contributed by atoms with Gasteiger partial charge in [-0.25, -0.2) is 0 Å². The maximum Gasteiger partial charge on any atom is 0.422 e. The van der Waals surface area contributed by atoms with Gasteiger partial charge in [0.05, 0.1) is 0 Å². The number of hydrogen-bond donors (Lipinski definition) is 1. The first-order valence-electron chi connectivity index (χ1n) is 5.11. The van der Waals surface area contributed by atoms with E-state index in [0.29, 0.717) is 0 Å². The SMILES string of the molecule is NC(=O)CC=Cc1ccc(OCC(F)(F)F)cc1. The summed E-state index contributed by atoms with van der Waals surface area (Å²) in [5, 5.41) is 0. The van der Waals surface area contributed by atoms with Crippen molar-refractivity contribution in [2.45, 2.75) is 12.6 Å². The molecule has 6 heteroatoms. The number of carbonyl (C=O) groups is 1. The van der Waals surface area contributed by atoms with Crippen LogP contribution >= 0.6 is 0 Å². The molecule has 1 amide bonds. The maximum absolute atomic E-state index is 11.9. The van der Waals surface area contributed by atoms with Crippen LogP contribution in [0.5, 0.6) is 5.75 Å². The van der Waals surface area contributed by atoms with E-state index in [1.165, 1.54) is 12.1 Å². The van der Waals surface area contributed by atoms with Gasteiger partial charge in [-0.2, -0.15) is 13.2 Å². The molecule has 3 nitrogen and oxygen atoms in total. The zero-order valence-electron chi connectivity index (χ0n) is 9.41. The Hall–Kier alpha value is -1.98. The first-order chi connectivity index (χ1) is 8.37. The number of primary amides is 1. The molecule has 1 aromatic carbocycles. The minimum absolute atomic E-state index is 0.117. The second kappa shape index (κ2) is 6.09. The van der Waals surface area contributed by atoms with Crippen molar-refractivity contribution in [1.82, 2.24) is 0 Å². The molecule has 0 saturated carbocycles. The van der Waals surface area contributed by atoms with Crippen molar-refractivity contribution < 1.29 is 22.7 Å². The fraction of sp³-hybridized carbons (Fsp3) is 0.250. The summed E-state index contributed by atoms with van der Waals surface area (Å²) in [7, 11) is 0. The average molecular weight is 259 g/mol. The summed E-state index contributed by atoms with van der Waals surface area (Å²) in [6, 6.07) is 6.03. The summed E-state index contributed by atoms with van der Waals surface area (Å²) < 4.78 is 40.2. The van der Waals surface area contributed by atoms with Crippen LogP contribution in [0.2, 0.25) is 0 Å². The summed E-state index contributed by atoms with van der Waals surface area (Å²) >= 11 is 0. The zero-order chi connectivity index (χ0) is 13.6. The third-order valence-electron chi connectivity index (χ3n) is 1.91. The fourth-order valence-corrected chi connectivity index (χ4v) is 1.15. The first kappa shape index (κ1) is 14.1. The predicted octanol–water partition coefficient (Wildman–Crippen LogP) is 2.52. The number of alkyl halides is 3. The van der Waals surface area contributed by atoms with Crippen LogP contribution in [0, 0.1) is 0 Å². The lowest BCUT2D eigenvalue weighted by molar-refractivity contribution is -0.153. The van der Waals surface area contributed by atoms with Crippen LogP contribution < -0.4 is 10.5 Å². The highest BCUT2D eigenvalue weighted by Crippen LogP contribution is 2.19. The molecule has 0 atom stereocenters. The summed E-state index contributed by atoms with van der Waals surface area (Å²) in [5.74, 6) is -0.309. The van der Waals surface area contributed by atoms with Crippen LogP contribution in [0.1, 0.15) is 12.0 Å². The predicted molar refractivity (Wildman–Crippen MR) is 60.8 cm³/mol. The Bertz CT molecular complexity index is 424. The number of rotatable bonds is 5. The highest BCUT2D eigenvalue weighted by molar-refractivity contribution is 5.76. The Morgan fingerprint density at radius 2 is 1.89 bits per heavy atom. The second-order valence-corrected chi connectivity index (χ2v) is 3.55. The van der Waals surface area contributed by atoms with E-state index < -0.39 is 18.7 Å². The fourth-order valence-electron chi connectivity index (χ4n) is 1.15. The monoisotopic (exact) mass is 259 g/mol. The molecular weight excluding hydrogens is 247 g/mol. The maximum atomic E-state index is 11.9. The van der Waals surface area contributed by atoms with Gasteiger partial charge in [0.25, 0.3) is 0 Å². The molecule has 18 heavy (non-hydrogen) atoms. The normalized spacial score (nSPS) is 11.7. The van der Waals surface area contributed by atoms with E-state index in [4.69, 9.17) is 5.73 Å². The van der Waals surface area contributed by atoms with Crippen molar-refractivity contribution in [3.63, 3.8) is 0 Å². The van der Waals surface area contributed by atoms with Gasteiger partial charge in [0.1, 0.15) is 5.75 Å². The lowest BCUT2D eigenvalue weighted by Crippen LogP contribution is -2.19. The molecule has 1 rings (SSSR count). The number of amides is 1. The molecule has 0 aliphatic heterocycles. The van der Waals surface area contributed by atoms with Crippen molar-refractivity contribution in [3.05, 3.63) is 35.9 Å². The van der Waals surface area contributed by atoms with Crippen molar-refractivity contribution in [2.24, 2.45) is 5.73 Å². The molecular formula is C12H12F3NO2. The Balaban J connectivity index is 2.52. The van der Waals surface area contributed by atoms with E-state index >= 15 is 0 Å². The van der Waals surface area contributed by atoms with E-state index in [0.717, 1.165) is 5.56 Å². The van der Waals surface area contributed by atoms with Crippen LogP contribution in [0.3, 0.4) is 0 Å². The second-order valence-electron chi connectivity index (χ2n) is 3.55. The van der Waals surface area contributed by atoms with Crippen LogP contribution in [-0.4, -0.2) is 18.7 Å². The molecule has 98 valence electrons. The van der Waals surface area contributed by atoms with Gasteiger partial charge in [0, 0.05) is 6.42 Å². The van der Waals surface area contributed by atoms with E-state index in [9.17, 15) is 18.0 Å². The summed E-state index contributed by atoms with van der Waals surface area (Å²) in [6.45, 7) is -1.32. The van der Waals surface area contributed by atoms with Crippen molar-refractivity contribution in [1.29, 1.82) is 0 Å². The summed E-state index contributed by atoms with van der Waals surface area (Å²) in [5.41, 5.74) is 5.69. The Kier molecular flexibility index (Phi) is 4.76.